The number of hydrogen-bond acceptors (Lipinski definition) is 2. The van der Waals surface area contributed by atoms with Crippen molar-refractivity contribution in [1.29, 1.82) is 0 Å². The second-order valence-electron chi connectivity index (χ2n) is 9.05. The maximum absolute atomic E-state index is 5.01. The van der Waals surface area contributed by atoms with Crippen LogP contribution in [0.3, 0.4) is 0 Å². The number of benzene rings is 3. The Kier molecular flexibility index (Phi) is 7.53. The molecule has 0 heterocycles. The fraction of sp³-hybridized carbons (Fsp3) is 0.147. The van der Waals surface area contributed by atoms with Crippen LogP contribution in [0, 0.1) is 0 Å². The summed E-state index contributed by atoms with van der Waals surface area (Å²) in [4.78, 5) is 7.39. The van der Waals surface area contributed by atoms with Gasteiger partial charge in [-0.3, -0.25) is 4.99 Å². The van der Waals surface area contributed by atoms with Gasteiger partial charge in [-0.2, -0.15) is 0 Å². The maximum Gasteiger partial charge on any atom is 0.0663 e. The van der Waals surface area contributed by atoms with Gasteiger partial charge in [-0.05, 0) is 67.2 Å². The van der Waals surface area contributed by atoms with Crippen LogP contribution in [0.2, 0.25) is 0 Å². The molecule has 2 aliphatic carbocycles. The molecule has 3 aromatic carbocycles. The van der Waals surface area contributed by atoms with Crippen molar-refractivity contribution in [3.8, 4) is 0 Å². The van der Waals surface area contributed by atoms with Gasteiger partial charge in [0, 0.05) is 17.0 Å². The highest BCUT2D eigenvalue weighted by atomic mass is 15.1. The van der Waals surface area contributed by atoms with Gasteiger partial charge in [-0.25, -0.2) is 0 Å². The van der Waals surface area contributed by atoms with Gasteiger partial charge in [0.15, 0.2) is 0 Å². The van der Waals surface area contributed by atoms with E-state index in [1.54, 1.807) is 0 Å². The van der Waals surface area contributed by atoms with Gasteiger partial charge in [0.25, 0.3) is 0 Å². The minimum atomic E-state index is 0.629. The summed E-state index contributed by atoms with van der Waals surface area (Å²) >= 11 is 0. The van der Waals surface area contributed by atoms with Gasteiger partial charge in [0.2, 0.25) is 0 Å². The molecule has 0 unspecified atom stereocenters. The van der Waals surface area contributed by atoms with Crippen LogP contribution < -0.4 is 4.90 Å². The van der Waals surface area contributed by atoms with E-state index in [9.17, 15) is 0 Å². The molecule has 0 atom stereocenters. The lowest BCUT2D eigenvalue weighted by atomic mass is 10.00. The van der Waals surface area contributed by atoms with Crippen LogP contribution in [-0.2, 0) is 6.54 Å². The summed E-state index contributed by atoms with van der Waals surface area (Å²) in [5, 5.41) is 0. The fourth-order valence-corrected chi connectivity index (χ4v) is 4.70. The number of hydrogen-bond donors (Lipinski definition) is 0. The maximum atomic E-state index is 5.01. The number of anilines is 3. The van der Waals surface area contributed by atoms with Gasteiger partial charge < -0.3 is 4.90 Å². The first-order valence-corrected chi connectivity index (χ1v) is 12.8. The lowest BCUT2D eigenvalue weighted by Crippen LogP contribution is -2.14. The third-order valence-corrected chi connectivity index (χ3v) is 6.58. The third kappa shape index (κ3) is 5.39. The zero-order chi connectivity index (χ0) is 24.6. The summed E-state index contributed by atoms with van der Waals surface area (Å²) in [6.45, 7) is 2.75. The molecule has 0 bridgehead atoms. The highest BCUT2D eigenvalue weighted by Crippen LogP contribution is 2.41. The quantitative estimate of drug-likeness (QED) is 0.315. The molecule has 3 aromatic rings. The summed E-state index contributed by atoms with van der Waals surface area (Å²) in [6.07, 6.45) is 20.9. The van der Waals surface area contributed by atoms with Crippen molar-refractivity contribution in [2.75, 3.05) is 4.90 Å². The topological polar surface area (TPSA) is 15.6 Å². The third-order valence-electron chi connectivity index (χ3n) is 6.58. The lowest BCUT2D eigenvalue weighted by molar-refractivity contribution is 1.02. The van der Waals surface area contributed by atoms with Crippen molar-refractivity contribution in [3.05, 3.63) is 144 Å². The van der Waals surface area contributed by atoms with E-state index in [-0.39, 0.29) is 0 Å². The molecular weight excluding hydrogens is 436 g/mol. The van der Waals surface area contributed by atoms with E-state index >= 15 is 0 Å². The van der Waals surface area contributed by atoms with Crippen molar-refractivity contribution < 1.29 is 0 Å². The molecule has 0 radical (unpaired) electrons. The first-order valence-electron chi connectivity index (χ1n) is 12.8. The number of allylic oxidation sites excluding steroid dienone is 10. The molecule has 2 aliphatic rings. The Morgan fingerprint density at radius 3 is 2.39 bits per heavy atom. The Hall–Kier alpha value is -4.17. The van der Waals surface area contributed by atoms with Gasteiger partial charge in [0.05, 0.1) is 17.9 Å². The van der Waals surface area contributed by atoms with E-state index in [2.05, 4.69) is 139 Å². The number of para-hydroxylation sites is 3. The summed E-state index contributed by atoms with van der Waals surface area (Å²) < 4.78 is 0. The van der Waals surface area contributed by atoms with Crippen LogP contribution in [0.4, 0.5) is 17.1 Å². The van der Waals surface area contributed by atoms with Crippen LogP contribution in [0.15, 0.2) is 138 Å². The van der Waals surface area contributed by atoms with Crippen molar-refractivity contribution >= 4 is 28.3 Å². The van der Waals surface area contributed by atoms with Gasteiger partial charge in [-0.15, -0.1) is 0 Å². The zero-order valence-corrected chi connectivity index (χ0v) is 20.8. The fourth-order valence-electron chi connectivity index (χ4n) is 4.70. The Balaban J connectivity index is 1.61. The van der Waals surface area contributed by atoms with Crippen LogP contribution >= 0.6 is 0 Å². The first kappa shape index (κ1) is 23.6. The molecule has 178 valence electrons. The van der Waals surface area contributed by atoms with Crippen molar-refractivity contribution in [2.45, 2.75) is 32.7 Å². The second kappa shape index (κ2) is 11.5. The molecule has 0 N–H and O–H groups in total. The summed E-state index contributed by atoms with van der Waals surface area (Å²) in [5.74, 6) is 0. The Labute approximate surface area is 215 Å². The molecule has 0 aromatic heterocycles. The van der Waals surface area contributed by atoms with Crippen LogP contribution in [0.1, 0.15) is 37.3 Å². The first-order chi connectivity index (χ1) is 17.8. The molecule has 0 fully saturated rings. The SMILES string of the molecule is CC(=NCc1ccccc1N(c1ccccc1)c1ccccc1C1=CC=CCC=C1)C1=CCCC=C1. The Morgan fingerprint density at radius 2 is 1.56 bits per heavy atom. The number of aliphatic imine (C=N–C) groups is 1. The number of rotatable bonds is 7. The van der Waals surface area contributed by atoms with Gasteiger partial charge in [-0.1, -0.05) is 103 Å². The summed E-state index contributed by atoms with van der Waals surface area (Å²) in [5.41, 5.74) is 9.37. The molecule has 0 saturated heterocycles. The van der Waals surface area contributed by atoms with E-state index in [1.165, 1.54) is 22.3 Å². The lowest BCUT2D eigenvalue weighted by Gasteiger charge is -2.29. The van der Waals surface area contributed by atoms with Crippen molar-refractivity contribution in [2.24, 2.45) is 4.99 Å². The van der Waals surface area contributed by atoms with Crippen molar-refractivity contribution in [3.63, 3.8) is 0 Å². The molecule has 0 amide bonds. The van der Waals surface area contributed by atoms with Crippen LogP contribution in [0.5, 0.6) is 0 Å². The molecule has 2 heteroatoms. The highest BCUT2D eigenvalue weighted by molar-refractivity contribution is 6.01. The van der Waals surface area contributed by atoms with Crippen LogP contribution in [-0.4, -0.2) is 5.71 Å². The van der Waals surface area contributed by atoms with E-state index in [0.717, 1.165) is 42.0 Å². The molecule has 5 rings (SSSR count). The smallest absolute Gasteiger partial charge is 0.0663 e. The molecule has 36 heavy (non-hydrogen) atoms. The monoisotopic (exact) mass is 468 g/mol. The van der Waals surface area contributed by atoms with Gasteiger partial charge in [0.1, 0.15) is 0 Å². The molecule has 0 aliphatic heterocycles. The molecule has 0 saturated carbocycles. The second-order valence-corrected chi connectivity index (χ2v) is 9.05. The molecule has 2 nitrogen and oxygen atoms in total. The number of nitrogens with zero attached hydrogens (tertiary/aromatic N) is 2. The predicted molar refractivity (Wildman–Crippen MR) is 155 cm³/mol. The normalized spacial score (nSPS) is 15.3. The summed E-state index contributed by atoms with van der Waals surface area (Å²) in [7, 11) is 0. The molecular formula is C34H32N2. The average molecular weight is 469 g/mol. The minimum absolute atomic E-state index is 0.629. The largest absolute Gasteiger partial charge is 0.310 e. The zero-order valence-electron chi connectivity index (χ0n) is 20.8. The van der Waals surface area contributed by atoms with Gasteiger partial charge >= 0.3 is 0 Å². The summed E-state index contributed by atoms with van der Waals surface area (Å²) in [6, 6.07) is 27.9. The van der Waals surface area contributed by atoms with E-state index in [1.807, 2.05) is 0 Å². The van der Waals surface area contributed by atoms with E-state index in [4.69, 9.17) is 4.99 Å². The van der Waals surface area contributed by atoms with E-state index < -0.39 is 0 Å². The van der Waals surface area contributed by atoms with Crippen molar-refractivity contribution in [1.82, 2.24) is 0 Å². The van der Waals surface area contributed by atoms with Crippen LogP contribution in [0.25, 0.3) is 5.57 Å². The van der Waals surface area contributed by atoms with E-state index in [0.29, 0.717) is 6.54 Å². The average Bonchev–Trinajstić information content (AvgIpc) is 3.24. The Bertz CT molecular complexity index is 1380. The standard InChI is InChI=1S/C34H32N2/c1-27(28-16-8-4-9-17-28)35-26-30-20-12-14-24-33(30)36(31-21-10-5-11-22-31)34-25-15-13-23-32(34)29-18-6-2-3-7-19-29/h2,5-8,10-25H,3-4,9,26H2,1H3. The molecule has 0 spiro atoms. The highest BCUT2D eigenvalue weighted by Gasteiger charge is 2.19. The Morgan fingerprint density at radius 1 is 0.778 bits per heavy atom. The predicted octanol–water partition coefficient (Wildman–Crippen LogP) is 9.29. The minimum Gasteiger partial charge on any atom is -0.310 e.